The van der Waals surface area contributed by atoms with Gasteiger partial charge >= 0.3 is 6.03 Å². The van der Waals surface area contributed by atoms with E-state index in [1.807, 2.05) is 41.9 Å². The largest absolute Gasteiger partial charge is 0.338 e. The Hall–Kier alpha value is -2.74. The standard InChI is InChI=1S/C18H24N6O2/c1-2-20-18(26)22-17(25)16(14-6-4-3-5-7-14)23-10-8-15(9-11-23)24-13-19-12-21-24/h3-7,12-13,15-16H,2,8-11H2,1H3,(H2,20,22,25,26). The Morgan fingerprint density at radius 2 is 1.96 bits per heavy atom. The van der Waals surface area contributed by atoms with Crippen molar-refractivity contribution in [2.24, 2.45) is 0 Å². The van der Waals surface area contributed by atoms with Crippen molar-refractivity contribution in [2.45, 2.75) is 31.8 Å². The number of likely N-dealkylation sites (tertiary alicyclic amines) is 1. The molecule has 0 radical (unpaired) electrons. The number of urea groups is 1. The van der Waals surface area contributed by atoms with Gasteiger partial charge in [-0.15, -0.1) is 0 Å². The van der Waals surface area contributed by atoms with E-state index >= 15 is 0 Å². The second-order valence-corrected chi connectivity index (χ2v) is 6.30. The quantitative estimate of drug-likeness (QED) is 0.847. The van der Waals surface area contributed by atoms with E-state index in [1.54, 1.807) is 12.7 Å². The predicted octanol–water partition coefficient (Wildman–Crippen LogP) is 1.50. The van der Waals surface area contributed by atoms with E-state index in [4.69, 9.17) is 0 Å². The van der Waals surface area contributed by atoms with Gasteiger partial charge in [0.2, 0.25) is 5.91 Å². The van der Waals surface area contributed by atoms with Crippen molar-refractivity contribution in [3.05, 3.63) is 48.5 Å². The van der Waals surface area contributed by atoms with Crippen molar-refractivity contribution in [1.29, 1.82) is 0 Å². The molecule has 1 aromatic heterocycles. The zero-order valence-corrected chi connectivity index (χ0v) is 14.8. The van der Waals surface area contributed by atoms with Crippen LogP contribution in [0.5, 0.6) is 0 Å². The van der Waals surface area contributed by atoms with E-state index in [2.05, 4.69) is 25.6 Å². The maximum absolute atomic E-state index is 12.8. The average molecular weight is 356 g/mol. The van der Waals surface area contributed by atoms with Crippen LogP contribution in [-0.4, -0.2) is 51.2 Å². The Morgan fingerprint density at radius 1 is 1.23 bits per heavy atom. The van der Waals surface area contributed by atoms with E-state index in [9.17, 15) is 9.59 Å². The summed E-state index contributed by atoms with van der Waals surface area (Å²) in [6.45, 7) is 3.77. The molecule has 1 aliphatic rings. The lowest BCUT2D eigenvalue weighted by Gasteiger charge is -2.36. The number of aromatic nitrogens is 3. The molecule has 0 bridgehead atoms. The molecule has 1 aromatic carbocycles. The molecular weight excluding hydrogens is 332 g/mol. The smallest absolute Gasteiger partial charge is 0.321 e. The molecule has 8 nitrogen and oxygen atoms in total. The normalized spacial score (nSPS) is 16.8. The molecule has 138 valence electrons. The summed E-state index contributed by atoms with van der Waals surface area (Å²) in [5, 5.41) is 9.28. The summed E-state index contributed by atoms with van der Waals surface area (Å²) >= 11 is 0. The third kappa shape index (κ3) is 4.26. The third-order valence-corrected chi connectivity index (χ3v) is 4.61. The molecule has 1 fully saturated rings. The highest BCUT2D eigenvalue weighted by Crippen LogP contribution is 2.29. The van der Waals surface area contributed by atoms with Crippen molar-refractivity contribution in [2.75, 3.05) is 19.6 Å². The highest BCUT2D eigenvalue weighted by molar-refractivity contribution is 5.97. The van der Waals surface area contributed by atoms with Crippen molar-refractivity contribution in [3.63, 3.8) is 0 Å². The van der Waals surface area contributed by atoms with Crippen LogP contribution < -0.4 is 10.6 Å². The fraction of sp³-hybridized carbons (Fsp3) is 0.444. The summed E-state index contributed by atoms with van der Waals surface area (Å²) < 4.78 is 1.88. The molecule has 0 saturated carbocycles. The topological polar surface area (TPSA) is 92.2 Å². The molecule has 8 heteroatoms. The number of carbonyl (C=O) groups is 2. The fourth-order valence-corrected chi connectivity index (χ4v) is 3.36. The molecule has 1 unspecified atom stereocenters. The summed E-state index contributed by atoms with van der Waals surface area (Å²) in [5.41, 5.74) is 0.883. The number of rotatable bonds is 5. The lowest BCUT2D eigenvalue weighted by molar-refractivity contribution is -0.126. The number of hydrogen-bond acceptors (Lipinski definition) is 5. The highest BCUT2D eigenvalue weighted by Gasteiger charge is 2.32. The summed E-state index contributed by atoms with van der Waals surface area (Å²) in [6, 6.07) is 8.91. The molecule has 0 aliphatic carbocycles. The van der Waals surface area contributed by atoms with Crippen molar-refractivity contribution >= 4 is 11.9 Å². The Kier molecular flexibility index (Phi) is 5.96. The third-order valence-electron chi connectivity index (χ3n) is 4.61. The van der Waals surface area contributed by atoms with Crippen LogP contribution >= 0.6 is 0 Å². The van der Waals surface area contributed by atoms with Crippen LogP contribution in [0.25, 0.3) is 0 Å². The van der Waals surface area contributed by atoms with E-state index < -0.39 is 12.1 Å². The van der Waals surface area contributed by atoms with E-state index in [-0.39, 0.29) is 11.9 Å². The molecule has 3 rings (SSSR count). The number of amides is 3. The van der Waals surface area contributed by atoms with Gasteiger partial charge in [0.25, 0.3) is 0 Å². The summed E-state index contributed by atoms with van der Waals surface area (Å²) in [6.07, 6.45) is 5.03. The van der Waals surface area contributed by atoms with Crippen molar-refractivity contribution in [1.82, 2.24) is 30.3 Å². The molecule has 1 saturated heterocycles. The fourth-order valence-electron chi connectivity index (χ4n) is 3.36. The van der Waals surface area contributed by atoms with Gasteiger partial charge in [0.05, 0.1) is 6.04 Å². The molecule has 2 aromatic rings. The SMILES string of the molecule is CCNC(=O)NC(=O)C(c1ccccc1)N1CCC(n2cncn2)CC1. The first-order valence-electron chi connectivity index (χ1n) is 8.91. The van der Waals surface area contributed by atoms with Gasteiger partial charge < -0.3 is 5.32 Å². The Bertz CT molecular complexity index is 711. The predicted molar refractivity (Wildman–Crippen MR) is 96.3 cm³/mol. The Morgan fingerprint density at radius 3 is 2.58 bits per heavy atom. The first kappa shape index (κ1) is 18.1. The zero-order chi connectivity index (χ0) is 18.4. The maximum Gasteiger partial charge on any atom is 0.321 e. The Balaban J connectivity index is 1.72. The van der Waals surface area contributed by atoms with Crippen LogP contribution in [0.2, 0.25) is 0 Å². The van der Waals surface area contributed by atoms with Crippen LogP contribution in [0.3, 0.4) is 0 Å². The molecular formula is C18H24N6O2. The number of piperidine rings is 1. The zero-order valence-electron chi connectivity index (χ0n) is 14.8. The second kappa shape index (κ2) is 8.57. The second-order valence-electron chi connectivity index (χ2n) is 6.30. The van der Waals surface area contributed by atoms with Crippen LogP contribution in [-0.2, 0) is 4.79 Å². The summed E-state index contributed by atoms with van der Waals surface area (Å²) in [4.78, 5) is 30.7. The number of nitrogens with one attached hydrogen (secondary N) is 2. The van der Waals surface area contributed by atoms with Crippen LogP contribution in [0.15, 0.2) is 43.0 Å². The molecule has 1 atom stereocenters. The van der Waals surface area contributed by atoms with Crippen molar-refractivity contribution < 1.29 is 9.59 Å². The minimum atomic E-state index is -0.490. The molecule has 2 heterocycles. The molecule has 2 N–H and O–H groups in total. The van der Waals surface area contributed by atoms with E-state index in [0.29, 0.717) is 6.54 Å². The summed E-state index contributed by atoms with van der Waals surface area (Å²) in [7, 11) is 0. The van der Waals surface area contributed by atoms with Crippen molar-refractivity contribution in [3.8, 4) is 0 Å². The number of benzene rings is 1. The number of imide groups is 1. The van der Waals surface area contributed by atoms with Gasteiger partial charge in [-0.05, 0) is 25.3 Å². The molecule has 1 aliphatic heterocycles. The van der Waals surface area contributed by atoms with Gasteiger partial charge in [-0.2, -0.15) is 5.10 Å². The number of hydrogen-bond donors (Lipinski definition) is 2. The van der Waals surface area contributed by atoms with Gasteiger partial charge in [0.15, 0.2) is 0 Å². The maximum atomic E-state index is 12.8. The molecule has 0 spiro atoms. The highest BCUT2D eigenvalue weighted by atomic mass is 16.2. The van der Waals surface area contributed by atoms with Gasteiger partial charge in [0.1, 0.15) is 18.7 Å². The van der Waals surface area contributed by atoms with Gasteiger partial charge in [-0.25, -0.2) is 14.5 Å². The lowest BCUT2D eigenvalue weighted by Crippen LogP contribution is -2.48. The van der Waals surface area contributed by atoms with Gasteiger partial charge in [-0.1, -0.05) is 30.3 Å². The van der Waals surface area contributed by atoms with Crippen LogP contribution in [0.4, 0.5) is 4.79 Å². The first-order valence-corrected chi connectivity index (χ1v) is 8.91. The molecule has 3 amide bonds. The average Bonchev–Trinajstić information content (AvgIpc) is 3.18. The number of carbonyl (C=O) groups excluding carboxylic acids is 2. The molecule has 26 heavy (non-hydrogen) atoms. The minimum absolute atomic E-state index is 0.289. The van der Waals surface area contributed by atoms with Crippen LogP contribution in [0, 0.1) is 0 Å². The van der Waals surface area contributed by atoms with Gasteiger partial charge in [-0.3, -0.25) is 15.0 Å². The lowest BCUT2D eigenvalue weighted by atomic mass is 9.98. The van der Waals surface area contributed by atoms with E-state index in [0.717, 1.165) is 31.5 Å². The van der Waals surface area contributed by atoms with Crippen LogP contribution in [0.1, 0.15) is 37.4 Å². The minimum Gasteiger partial charge on any atom is -0.338 e. The summed E-state index contributed by atoms with van der Waals surface area (Å²) in [5.74, 6) is -0.304. The van der Waals surface area contributed by atoms with E-state index in [1.165, 1.54) is 0 Å². The number of nitrogens with zero attached hydrogens (tertiary/aromatic N) is 4. The Labute approximate surface area is 152 Å². The monoisotopic (exact) mass is 356 g/mol. The first-order chi connectivity index (χ1) is 12.7. The van der Waals surface area contributed by atoms with Gasteiger partial charge in [0, 0.05) is 19.6 Å².